The Labute approximate surface area is 114 Å². The van der Waals surface area contributed by atoms with Crippen molar-refractivity contribution in [2.75, 3.05) is 5.75 Å². The SMILES string of the molecule is OC(Cc1ccc(Br)cc1Cl)C1CCCS1. The van der Waals surface area contributed by atoms with Crippen molar-refractivity contribution in [2.24, 2.45) is 0 Å². The maximum atomic E-state index is 10.1. The minimum Gasteiger partial charge on any atom is -0.392 e. The van der Waals surface area contributed by atoms with Gasteiger partial charge in [0.2, 0.25) is 0 Å². The van der Waals surface area contributed by atoms with Gasteiger partial charge < -0.3 is 5.11 Å². The molecular formula is C12H14BrClOS. The second kappa shape index (κ2) is 5.76. The molecule has 2 unspecified atom stereocenters. The minimum absolute atomic E-state index is 0.272. The van der Waals surface area contributed by atoms with Gasteiger partial charge in [0.1, 0.15) is 0 Å². The van der Waals surface area contributed by atoms with E-state index in [1.165, 1.54) is 12.2 Å². The Bertz CT molecular complexity index is 366. The molecule has 1 fully saturated rings. The van der Waals surface area contributed by atoms with Gasteiger partial charge in [0.25, 0.3) is 0 Å². The molecule has 1 N–H and O–H groups in total. The summed E-state index contributed by atoms with van der Waals surface area (Å²) in [6.45, 7) is 0. The Morgan fingerprint density at radius 1 is 1.56 bits per heavy atom. The van der Waals surface area contributed by atoms with Gasteiger partial charge in [0, 0.05) is 21.2 Å². The first kappa shape index (κ1) is 12.7. The van der Waals surface area contributed by atoms with Gasteiger partial charge in [-0.25, -0.2) is 0 Å². The van der Waals surface area contributed by atoms with Crippen LogP contribution in [-0.4, -0.2) is 22.2 Å². The van der Waals surface area contributed by atoms with Crippen LogP contribution in [0.15, 0.2) is 22.7 Å². The van der Waals surface area contributed by atoms with Crippen LogP contribution in [0.2, 0.25) is 5.02 Å². The average molecular weight is 322 g/mol. The molecule has 0 aliphatic carbocycles. The zero-order valence-corrected chi connectivity index (χ0v) is 12.0. The molecule has 0 bridgehead atoms. The van der Waals surface area contributed by atoms with E-state index in [1.807, 2.05) is 30.0 Å². The van der Waals surface area contributed by atoms with E-state index in [2.05, 4.69) is 15.9 Å². The van der Waals surface area contributed by atoms with Crippen molar-refractivity contribution in [1.29, 1.82) is 0 Å². The summed E-state index contributed by atoms with van der Waals surface area (Å²) in [5.41, 5.74) is 1.03. The van der Waals surface area contributed by atoms with Crippen LogP contribution < -0.4 is 0 Å². The fourth-order valence-electron chi connectivity index (χ4n) is 1.95. The summed E-state index contributed by atoms with van der Waals surface area (Å²) >= 11 is 11.4. The fourth-order valence-corrected chi connectivity index (χ4v) is 3.99. The smallest absolute Gasteiger partial charge is 0.0699 e. The summed E-state index contributed by atoms with van der Waals surface area (Å²) in [6.07, 6.45) is 2.73. The highest BCUT2D eigenvalue weighted by Gasteiger charge is 2.24. The molecule has 1 aromatic rings. The van der Waals surface area contributed by atoms with Crippen LogP contribution in [0.5, 0.6) is 0 Å². The molecule has 0 aromatic heterocycles. The molecule has 1 aromatic carbocycles. The summed E-state index contributed by atoms with van der Waals surface area (Å²) in [7, 11) is 0. The normalized spacial score (nSPS) is 22.3. The lowest BCUT2D eigenvalue weighted by atomic mass is 10.0. The summed E-state index contributed by atoms with van der Waals surface area (Å²) < 4.78 is 0.978. The van der Waals surface area contributed by atoms with E-state index in [1.54, 1.807) is 0 Å². The summed E-state index contributed by atoms with van der Waals surface area (Å²) in [5, 5.41) is 11.2. The highest BCUT2D eigenvalue weighted by atomic mass is 79.9. The monoisotopic (exact) mass is 320 g/mol. The molecule has 0 amide bonds. The highest BCUT2D eigenvalue weighted by molar-refractivity contribution is 9.10. The van der Waals surface area contributed by atoms with Crippen LogP contribution in [0, 0.1) is 0 Å². The van der Waals surface area contributed by atoms with Crippen LogP contribution in [0.1, 0.15) is 18.4 Å². The molecular weight excluding hydrogens is 308 g/mol. The molecule has 1 aliphatic rings. The van der Waals surface area contributed by atoms with Crippen LogP contribution in [-0.2, 0) is 6.42 Å². The van der Waals surface area contributed by atoms with Crippen molar-refractivity contribution >= 4 is 39.3 Å². The van der Waals surface area contributed by atoms with E-state index in [0.29, 0.717) is 11.7 Å². The Kier molecular flexibility index (Phi) is 4.59. The van der Waals surface area contributed by atoms with Crippen molar-refractivity contribution < 1.29 is 5.11 Å². The first-order chi connectivity index (χ1) is 7.66. The molecule has 1 saturated heterocycles. The second-order valence-electron chi connectivity index (χ2n) is 4.06. The molecule has 0 radical (unpaired) electrons. The van der Waals surface area contributed by atoms with E-state index in [9.17, 15) is 5.11 Å². The van der Waals surface area contributed by atoms with Crippen molar-refractivity contribution in [2.45, 2.75) is 30.6 Å². The van der Waals surface area contributed by atoms with Crippen LogP contribution in [0.4, 0.5) is 0 Å². The molecule has 0 spiro atoms. The van der Waals surface area contributed by atoms with Crippen LogP contribution in [0.3, 0.4) is 0 Å². The number of benzene rings is 1. The summed E-state index contributed by atoms with van der Waals surface area (Å²) in [4.78, 5) is 0. The molecule has 1 aliphatic heterocycles. The third-order valence-electron chi connectivity index (χ3n) is 2.84. The van der Waals surface area contributed by atoms with Gasteiger partial charge >= 0.3 is 0 Å². The minimum atomic E-state index is -0.272. The van der Waals surface area contributed by atoms with E-state index in [0.717, 1.165) is 21.5 Å². The molecule has 1 nitrogen and oxygen atoms in total. The van der Waals surface area contributed by atoms with E-state index < -0.39 is 0 Å². The zero-order valence-electron chi connectivity index (χ0n) is 8.83. The summed E-state index contributed by atoms with van der Waals surface area (Å²) in [6, 6.07) is 5.83. The van der Waals surface area contributed by atoms with Crippen LogP contribution in [0.25, 0.3) is 0 Å². The lowest BCUT2D eigenvalue weighted by Gasteiger charge is -2.17. The Hall–Kier alpha value is 0.300. The lowest BCUT2D eigenvalue weighted by molar-refractivity contribution is 0.170. The molecule has 16 heavy (non-hydrogen) atoms. The molecule has 0 saturated carbocycles. The number of hydrogen-bond donors (Lipinski definition) is 1. The van der Waals surface area contributed by atoms with E-state index in [4.69, 9.17) is 11.6 Å². The fraction of sp³-hybridized carbons (Fsp3) is 0.500. The van der Waals surface area contributed by atoms with Gasteiger partial charge in [-0.1, -0.05) is 33.6 Å². The predicted octanol–water partition coefficient (Wildman–Crippen LogP) is 3.90. The second-order valence-corrected chi connectivity index (χ2v) is 6.73. The Morgan fingerprint density at radius 3 is 3.00 bits per heavy atom. The zero-order chi connectivity index (χ0) is 11.5. The molecule has 88 valence electrons. The average Bonchev–Trinajstić information content (AvgIpc) is 2.75. The summed E-state index contributed by atoms with van der Waals surface area (Å²) in [5.74, 6) is 1.18. The van der Waals surface area contributed by atoms with Gasteiger partial charge in [-0.2, -0.15) is 11.8 Å². The molecule has 2 atom stereocenters. The van der Waals surface area contributed by atoms with Gasteiger partial charge in [-0.3, -0.25) is 0 Å². The Morgan fingerprint density at radius 2 is 2.38 bits per heavy atom. The van der Waals surface area contributed by atoms with Crippen molar-refractivity contribution in [3.05, 3.63) is 33.3 Å². The number of aliphatic hydroxyl groups is 1. The number of halogens is 2. The first-order valence-corrected chi connectivity index (χ1v) is 7.62. The van der Waals surface area contributed by atoms with Gasteiger partial charge in [0.05, 0.1) is 6.10 Å². The predicted molar refractivity (Wildman–Crippen MR) is 74.3 cm³/mol. The molecule has 4 heteroatoms. The Balaban J connectivity index is 2.02. The van der Waals surface area contributed by atoms with Crippen LogP contribution >= 0.6 is 39.3 Å². The number of hydrogen-bond acceptors (Lipinski definition) is 2. The largest absolute Gasteiger partial charge is 0.392 e. The quantitative estimate of drug-likeness (QED) is 0.911. The number of thioether (sulfide) groups is 1. The molecule has 2 rings (SSSR count). The van der Waals surface area contributed by atoms with Crippen molar-refractivity contribution in [1.82, 2.24) is 0 Å². The molecule has 1 heterocycles. The number of aliphatic hydroxyl groups excluding tert-OH is 1. The lowest BCUT2D eigenvalue weighted by Crippen LogP contribution is -2.23. The van der Waals surface area contributed by atoms with E-state index in [-0.39, 0.29) is 6.10 Å². The number of rotatable bonds is 3. The van der Waals surface area contributed by atoms with E-state index >= 15 is 0 Å². The third-order valence-corrected chi connectivity index (χ3v) is 5.19. The standard InChI is InChI=1S/C12H14BrClOS/c13-9-4-3-8(10(14)7-9)6-11(15)12-2-1-5-16-12/h3-4,7,11-12,15H,1-2,5-6H2. The van der Waals surface area contributed by atoms with Crippen molar-refractivity contribution in [3.63, 3.8) is 0 Å². The van der Waals surface area contributed by atoms with Crippen molar-refractivity contribution in [3.8, 4) is 0 Å². The van der Waals surface area contributed by atoms with Gasteiger partial charge in [-0.05, 0) is 36.3 Å². The maximum absolute atomic E-state index is 10.1. The third kappa shape index (κ3) is 3.16. The highest BCUT2D eigenvalue weighted by Crippen LogP contribution is 2.31. The van der Waals surface area contributed by atoms with Gasteiger partial charge in [0.15, 0.2) is 0 Å². The van der Waals surface area contributed by atoms with Gasteiger partial charge in [-0.15, -0.1) is 0 Å². The topological polar surface area (TPSA) is 20.2 Å². The maximum Gasteiger partial charge on any atom is 0.0699 e. The first-order valence-electron chi connectivity index (χ1n) is 5.40.